The molecule has 1 amide bonds. The van der Waals surface area contributed by atoms with E-state index in [1.807, 2.05) is 42.5 Å². The van der Waals surface area contributed by atoms with E-state index in [1.165, 1.54) is 17.2 Å². The third-order valence-corrected chi connectivity index (χ3v) is 4.31. The molecule has 0 saturated carbocycles. The van der Waals surface area contributed by atoms with Gasteiger partial charge in [-0.3, -0.25) is 14.2 Å². The summed E-state index contributed by atoms with van der Waals surface area (Å²) in [6.45, 7) is 0.143. The molecule has 0 spiro atoms. The Balaban J connectivity index is 1.44. The van der Waals surface area contributed by atoms with E-state index in [1.54, 1.807) is 18.2 Å². The van der Waals surface area contributed by atoms with Gasteiger partial charge in [-0.25, -0.2) is 15.0 Å². The quantitative estimate of drug-likeness (QED) is 0.581. The summed E-state index contributed by atoms with van der Waals surface area (Å²) in [4.78, 5) is 37.4. The van der Waals surface area contributed by atoms with Gasteiger partial charge in [0, 0.05) is 5.56 Å². The molecule has 4 rings (SSSR count). The molecule has 28 heavy (non-hydrogen) atoms. The van der Waals surface area contributed by atoms with Crippen molar-refractivity contribution in [1.82, 2.24) is 24.8 Å². The Hall–Kier alpha value is -3.87. The molecule has 2 aromatic carbocycles. The van der Waals surface area contributed by atoms with Crippen LogP contribution in [0.25, 0.3) is 22.2 Å². The molecule has 0 aliphatic heterocycles. The molecule has 7 nitrogen and oxygen atoms in total. The van der Waals surface area contributed by atoms with Crippen LogP contribution >= 0.6 is 0 Å². The van der Waals surface area contributed by atoms with Crippen LogP contribution in [-0.2, 0) is 17.9 Å². The highest BCUT2D eigenvalue weighted by Crippen LogP contribution is 2.15. The minimum absolute atomic E-state index is 0.104. The van der Waals surface area contributed by atoms with Crippen LogP contribution in [0.3, 0.4) is 0 Å². The van der Waals surface area contributed by atoms with Crippen LogP contribution in [0.15, 0.2) is 78.1 Å². The highest BCUT2D eigenvalue weighted by Gasteiger charge is 2.09. The van der Waals surface area contributed by atoms with Crippen molar-refractivity contribution < 1.29 is 4.79 Å². The second kappa shape index (κ2) is 7.79. The van der Waals surface area contributed by atoms with E-state index >= 15 is 0 Å². The molecule has 0 aliphatic rings. The van der Waals surface area contributed by atoms with Gasteiger partial charge in [0.2, 0.25) is 5.91 Å². The highest BCUT2D eigenvalue weighted by atomic mass is 16.2. The minimum atomic E-state index is -0.293. The second-order valence-corrected chi connectivity index (χ2v) is 6.23. The van der Waals surface area contributed by atoms with E-state index in [0.717, 1.165) is 11.3 Å². The summed E-state index contributed by atoms with van der Waals surface area (Å²) in [7, 11) is 0. The standard InChI is InChI=1S/C21H17N5O2/c27-20(12-26-14-25-18-9-5-4-8-17(18)21(26)28)22-11-16-10-19(24-13-23-16)15-6-2-1-3-7-15/h1-10,13-14H,11-12H2,(H,22,27). The van der Waals surface area contributed by atoms with Crippen molar-refractivity contribution in [2.24, 2.45) is 0 Å². The smallest absolute Gasteiger partial charge is 0.261 e. The average Bonchev–Trinajstić information content (AvgIpc) is 2.75. The largest absolute Gasteiger partial charge is 0.349 e. The van der Waals surface area contributed by atoms with Crippen molar-refractivity contribution in [2.45, 2.75) is 13.1 Å². The van der Waals surface area contributed by atoms with Crippen molar-refractivity contribution >= 4 is 16.8 Å². The summed E-state index contributed by atoms with van der Waals surface area (Å²) in [6, 6.07) is 18.6. The molecule has 2 heterocycles. The summed E-state index contributed by atoms with van der Waals surface area (Å²) in [5, 5.41) is 3.27. The van der Waals surface area contributed by atoms with Gasteiger partial charge in [-0.05, 0) is 18.2 Å². The predicted octanol–water partition coefficient (Wildman–Crippen LogP) is 2.17. The van der Waals surface area contributed by atoms with Gasteiger partial charge in [0.15, 0.2) is 0 Å². The molecule has 0 bridgehead atoms. The van der Waals surface area contributed by atoms with Gasteiger partial charge in [0.1, 0.15) is 12.9 Å². The summed E-state index contributed by atoms with van der Waals surface area (Å²) < 4.78 is 1.30. The van der Waals surface area contributed by atoms with Gasteiger partial charge in [-0.1, -0.05) is 42.5 Å². The first kappa shape index (κ1) is 17.5. The lowest BCUT2D eigenvalue weighted by atomic mass is 10.1. The fourth-order valence-corrected chi connectivity index (χ4v) is 2.88. The lowest BCUT2D eigenvalue weighted by Gasteiger charge is -2.08. The summed E-state index contributed by atoms with van der Waals surface area (Å²) in [5.41, 5.74) is 2.82. The number of rotatable bonds is 5. The van der Waals surface area contributed by atoms with Gasteiger partial charge in [0.25, 0.3) is 5.56 Å². The molecule has 0 radical (unpaired) electrons. The van der Waals surface area contributed by atoms with Crippen LogP contribution in [0.5, 0.6) is 0 Å². The summed E-state index contributed by atoms with van der Waals surface area (Å²) in [6.07, 6.45) is 2.87. The van der Waals surface area contributed by atoms with Crippen molar-refractivity contribution in [3.05, 3.63) is 89.4 Å². The van der Waals surface area contributed by atoms with Crippen LogP contribution in [0.2, 0.25) is 0 Å². The predicted molar refractivity (Wildman–Crippen MR) is 105 cm³/mol. The number of carbonyl (C=O) groups is 1. The number of nitrogens with one attached hydrogen (secondary N) is 1. The molecule has 0 unspecified atom stereocenters. The Labute approximate surface area is 160 Å². The lowest BCUT2D eigenvalue weighted by Crippen LogP contribution is -2.32. The Morgan fingerprint density at radius 3 is 2.61 bits per heavy atom. The minimum Gasteiger partial charge on any atom is -0.349 e. The maximum atomic E-state index is 12.5. The normalized spacial score (nSPS) is 10.7. The molecule has 0 fully saturated rings. The number of amides is 1. The monoisotopic (exact) mass is 371 g/mol. The summed E-state index contributed by atoms with van der Waals surface area (Å²) in [5.74, 6) is -0.293. The zero-order valence-corrected chi connectivity index (χ0v) is 14.9. The Kier molecular flexibility index (Phi) is 4.88. The van der Waals surface area contributed by atoms with Crippen LogP contribution in [-0.4, -0.2) is 25.4 Å². The van der Waals surface area contributed by atoms with Crippen LogP contribution in [0.4, 0.5) is 0 Å². The number of nitrogens with zero attached hydrogens (tertiary/aromatic N) is 4. The molecule has 1 N–H and O–H groups in total. The van der Waals surface area contributed by atoms with E-state index in [4.69, 9.17) is 0 Å². The van der Waals surface area contributed by atoms with E-state index in [9.17, 15) is 9.59 Å². The highest BCUT2D eigenvalue weighted by molar-refractivity contribution is 5.78. The van der Waals surface area contributed by atoms with E-state index < -0.39 is 0 Å². The number of benzene rings is 2. The first-order valence-corrected chi connectivity index (χ1v) is 8.78. The molecule has 4 aromatic rings. The topological polar surface area (TPSA) is 89.8 Å². The van der Waals surface area contributed by atoms with Gasteiger partial charge in [-0.2, -0.15) is 0 Å². The number of para-hydroxylation sites is 1. The van der Waals surface area contributed by atoms with E-state index in [0.29, 0.717) is 16.6 Å². The number of aromatic nitrogens is 4. The number of carbonyl (C=O) groups excluding carboxylic acids is 1. The zero-order chi connectivity index (χ0) is 19.3. The first-order valence-electron chi connectivity index (χ1n) is 8.78. The van der Waals surface area contributed by atoms with E-state index in [-0.39, 0.29) is 24.6 Å². The van der Waals surface area contributed by atoms with Gasteiger partial charge in [-0.15, -0.1) is 0 Å². The van der Waals surface area contributed by atoms with Gasteiger partial charge in [0.05, 0.1) is 35.2 Å². The van der Waals surface area contributed by atoms with Crippen LogP contribution < -0.4 is 10.9 Å². The van der Waals surface area contributed by atoms with Crippen molar-refractivity contribution in [3.63, 3.8) is 0 Å². The average molecular weight is 371 g/mol. The third kappa shape index (κ3) is 3.78. The molecule has 0 atom stereocenters. The zero-order valence-electron chi connectivity index (χ0n) is 14.9. The van der Waals surface area contributed by atoms with Crippen molar-refractivity contribution in [2.75, 3.05) is 0 Å². The first-order chi connectivity index (χ1) is 13.7. The van der Waals surface area contributed by atoms with Crippen LogP contribution in [0.1, 0.15) is 5.69 Å². The Morgan fingerprint density at radius 2 is 1.75 bits per heavy atom. The molecule has 138 valence electrons. The Bertz CT molecular complexity index is 1190. The van der Waals surface area contributed by atoms with Gasteiger partial charge >= 0.3 is 0 Å². The molecule has 0 aliphatic carbocycles. The third-order valence-electron chi connectivity index (χ3n) is 4.31. The molecule has 0 saturated heterocycles. The number of hydrogen-bond donors (Lipinski definition) is 1. The molecular weight excluding hydrogens is 354 g/mol. The maximum Gasteiger partial charge on any atom is 0.261 e. The van der Waals surface area contributed by atoms with Gasteiger partial charge < -0.3 is 5.32 Å². The van der Waals surface area contributed by atoms with Crippen LogP contribution in [0, 0.1) is 0 Å². The molecule has 2 aromatic heterocycles. The Morgan fingerprint density at radius 1 is 0.964 bits per heavy atom. The lowest BCUT2D eigenvalue weighted by molar-refractivity contribution is -0.121. The molecular formula is C21H17N5O2. The number of hydrogen-bond acceptors (Lipinski definition) is 5. The summed E-state index contributed by atoms with van der Waals surface area (Å²) >= 11 is 0. The van der Waals surface area contributed by atoms with Crippen molar-refractivity contribution in [3.8, 4) is 11.3 Å². The number of fused-ring (bicyclic) bond motifs is 1. The fourth-order valence-electron chi connectivity index (χ4n) is 2.88. The maximum absolute atomic E-state index is 12.5. The molecule has 7 heteroatoms. The van der Waals surface area contributed by atoms with Crippen molar-refractivity contribution in [1.29, 1.82) is 0 Å². The second-order valence-electron chi connectivity index (χ2n) is 6.23. The van der Waals surface area contributed by atoms with E-state index in [2.05, 4.69) is 20.3 Å². The fraction of sp³-hybridized carbons (Fsp3) is 0.0952. The SMILES string of the molecule is O=C(Cn1cnc2ccccc2c1=O)NCc1cc(-c2ccccc2)ncn1.